The van der Waals surface area contributed by atoms with Crippen molar-refractivity contribution in [2.24, 2.45) is 0 Å². The second-order valence-electron chi connectivity index (χ2n) is 5.68. The highest BCUT2D eigenvalue weighted by Crippen LogP contribution is 2.19. The summed E-state index contributed by atoms with van der Waals surface area (Å²) in [7, 11) is 0. The van der Waals surface area contributed by atoms with Gasteiger partial charge in [-0.05, 0) is 49.3 Å². The first-order valence-corrected chi connectivity index (χ1v) is 7.96. The third-order valence-corrected chi connectivity index (χ3v) is 4.26. The number of aromatic amines is 1. The Labute approximate surface area is 144 Å². The minimum absolute atomic E-state index is 0.132. The van der Waals surface area contributed by atoms with E-state index in [4.69, 9.17) is 12.2 Å². The van der Waals surface area contributed by atoms with Gasteiger partial charge in [0.2, 0.25) is 5.91 Å². The molecule has 0 atom stereocenters. The van der Waals surface area contributed by atoms with Gasteiger partial charge in [-0.25, -0.2) is 0 Å². The predicted molar refractivity (Wildman–Crippen MR) is 97.9 cm³/mol. The minimum atomic E-state index is -0.288. The van der Waals surface area contributed by atoms with E-state index in [0.29, 0.717) is 10.9 Å². The highest BCUT2D eigenvalue weighted by molar-refractivity contribution is 7.71. The summed E-state index contributed by atoms with van der Waals surface area (Å²) in [6.45, 7) is 3.72. The second-order valence-corrected chi connectivity index (χ2v) is 6.07. The van der Waals surface area contributed by atoms with Crippen LogP contribution in [0.2, 0.25) is 0 Å². The SMILES string of the molecule is Cc1cccc(C)c1NC(=O)Cn1c(=S)[nH]c2ccccc2c1=O. The number of benzene rings is 2. The number of H-pyrrole nitrogens is 1. The predicted octanol–water partition coefficient (Wildman–Crippen LogP) is 3.31. The zero-order valence-corrected chi connectivity index (χ0v) is 14.2. The van der Waals surface area contributed by atoms with Crippen LogP contribution in [0, 0.1) is 18.6 Å². The Hall–Kier alpha value is -2.73. The van der Waals surface area contributed by atoms with E-state index in [0.717, 1.165) is 16.8 Å². The molecule has 0 saturated carbocycles. The molecule has 2 aromatic carbocycles. The Balaban J connectivity index is 1.94. The number of fused-ring (bicyclic) bond motifs is 1. The Kier molecular flexibility index (Phi) is 4.31. The Morgan fingerprint density at radius 1 is 1.12 bits per heavy atom. The summed E-state index contributed by atoms with van der Waals surface area (Å²) in [4.78, 5) is 28.0. The molecule has 1 aromatic heterocycles. The Morgan fingerprint density at radius 2 is 1.79 bits per heavy atom. The summed E-state index contributed by atoms with van der Waals surface area (Å²) in [5.41, 5.74) is 3.11. The van der Waals surface area contributed by atoms with Crippen molar-refractivity contribution in [2.45, 2.75) is 20.4 Å². The van der Waals surface area contributed by atoms with Crippen LogP contribution in [0.1, 0.15) is 11.1 Å². The number of hydrogen-bond acceptors (Lipinski definition) is 3. The third-order valence-electron chi connectivity index (χ3n) is 3.94. The molecule has 0 aliphatic rings. The highest BCUT2D eigenvalue weighted by atomic mass is 32.1. The quantitative estimate of drug-likeness (QED) is 0.720. The second kappa shape index (κ2) is 6.41. The zero-order valence-electron chi connectivity index (χ0n) is 13.4. The van der Waals surface area contributed by atoms with Crippen LogP contribution in [0.3, 0.4) is 0 Å². The van der Waals surface area contributed by atoms with Crippen LogP contribution in [-0.4, -0.2) is 15.5 Å². The smallest absolute Gasteiger partial charge is 0.262 e. The van der Waals surface area contributed by atoms with Crippen molar-refractivity contribution in [3.05, 3.63) is 68.7 Å². The van der Waals surface area contributed by atoms with E-state index in [2.05, 4.69) is 10.3 Å². The summed E-state index contributed by atoms with van der Waals surface area (Å²) in [5, 5.41) is 3.38. The number of carbonyl (C=O) groups is 1. The van der Waals surface area contributed by atoms with Gasteiger partial charge in [-0.2, -0.15) is 0 Å². The summed E-state index contributed by atoms with van der Waals surface area (Å²) < 4.78 is 1.51. The number of aryl methyl sites for hydroxylation is 2. The molecule has 0 bridgehead atoms. The first kappa shape index (κ1) is 16.1. The molecule has 2 N–H and O–H groups in total. The number of nitrogens with one attached hydrogen (secondary N) is 2. The number of carbonyl (C=O) groups excluding carboxylic acids is 1. The van der Waals surface area contributed by atoms with Crippen molar-refractivity contribution >= 4 is 34.7 Å². The lowest BCUT2D eigenvalue weighted by Gasteiger charge is -2.12. The standard InChI is InChI=1S/C18H17N3O2S/c1-11-6-5-7-12(2)16(11)20-15(22)10-21-17(23)13-8-3-4-9-14(13)19-18(21)24/h3-9H,10H2,1-2H3,(H,19,24)(H,20,22). The summed E-state index contributed by atoms with van der Waals surface area (Å²) in [6, 6.07) is 12.9. The molecular weight excluding hydrogens is 322 g/mol. The number of rotatable bonds is 3. The molecule has 0 aliphatic carbocycles. The fourth-order valence-electron chi connectivity index (χ4n) is 2.68. The molecule has 1 amide bonds. The molecule has 0 spiro atoms. The van der Waals surface area contributed by atoms with Gasteiger partial charge in [-0.1, -0.05) is 30.3 Å². The van der Waals surface area contributed by atoms with Crippen LogP contribution < -0.4 is 10.9 Å². The zero-order chi connectivity index (χ0) is 17.3. The normalized spacial score (nSPS) is 10.8. The van der Waals surface area contributed by atoms with Crippen molar-refractivity contribution in [1.82, 2.24) is 9.55 Å². The van der Waals surface area contributed by atoms with E-state index in [1.165, 1.54) is 4.57 Å². The van der Waals surface area contributed by atoms with Crippen molar-refractivity contribution in [1.29, 1.82) is 0 Å². The lowest BCUT2D eigenvalue weighted by Crippen LogP contribution is -2.29. The number of para-hydroxylation sites is 2. The number of aromatic nitrogens is 2. The summed E-state index contributed by atoms with van der Waals surface area (Å²) in [5.74, 6) is -0.288. The van der Waals surface area contributed by atoms with Gasteiger partial charge in [0.25, 0.3) is 5.56 Å². The molecule has 122 valence electrons. The summed E-state index contributed by atoms with van der Waals surface area (Å²) in [6.07, 6.45) is 0. The van der Waals surface area contributed by atoms with Crippen LogP contribution in [0.5, 0.6) is 0 Å². The molecule has 24 heavy (non-hydrogen) atoms. The number of amides is 1. The highest BCUT2D eigenvalue weighted by Gasteiger charge is 2.11. The van der Waals surface area contributed by atoms with Crippen LogP contribution in [0.15, 0.2) is 47.3 Å². The minimum Gasteiger partial charge on any atom is -0.332 e. The average Bonchev–Trinajstić information content (AvgIpc) is 2.55. The molecule has 0 radical (unpaired) electrons. The molecule has 0 aliphatic heterocycles. The maximum Gasteiger partial charge on any atom is 0.262 e. The lowest BCUT2D eigenvalue weighted by atomic mass is 10.1. The lowest BCUT2D eigenvalue weighted by molar-refractivity contribution is -0.116. The van der Waals surface area contributed by atoms with Crippen molar-refractivity contribution < 1.29 is 4.79 Å². The molecular formula is C18H17N3O2S. The molecule has 3 rings (SSSR count). The van der Waals surface area contributed by atoms with E-state index in [1.54, 1.807) is 18.2 Å². The topological polar surface area (TPSA) is 66.9 Å². The van der Waals surface area contributed by atoms with Crippen molar-refractivity contribution in [2.75, 3.05) is 5.32 Å². The van der Waals surface area contributed by atoms with Gasteiger partial charge in [0.1, 0.15) is 6.54 Å². The molecule has 1 heterocycles. The molecule has 0 fully saturated rings. The van der Waals surface area contributed by atoms with Gasteiger partial charge in [-0.15, -0.1) is 0 Å². The Bertz CT molecular complexity index is 1030. The van der Waals surface area contributed by atoms with Crippen LogP contribution >= 0.6 is 12.2 Å². The summed E-state index contributed by atoms with van der Waals surface area (Å²) >= 11 is 5.23. The molecule has 6 heteroatoms. The van der Waals surface area contributed by atoms with Gasteiger partial charge >= 0.3 is 0 Å². The molecule has 5 nitrogen and oxygen atoms in total. The molecule has 3 aromatic rings. The van der Waals surface area contributed by atoms with Crippen LogP contribution in [-0.2, 0) is 11.3 Å². The first-order valence-electron chi connectivity index (χ1n) is 7.55. The van der Waals surface area contributed by atoms with Gasteiger partial charge in [-0.3, -0.25) is 14.2 Å². The number of hydrogen-bond donors (Lipinski definition) is 2. The van der Waals surface area contributed by atoms with Gasteiger partial charge in [0.05, 0.1) is 10.9 Å². The first-order chi connectivity index (χ1) is 11.5. The van der Waals surface area contributed by atoms with Crippen molar-refractivity contribution in [3.8, 4) is 0 Å². The average molecular weight is 339 g/mol. The number of anilines is 1. The van der Waals surface area contributed by atoms with E-state index in [1.807, 2.05) is 38.1 Å². The van der Waals surface area contributed by atoms with E-state index in [-0.39, 0.29) is 22.8 Å². The van der Waals surface area contributed by atoms with Crippen molar-refractivity contribution in [3.63, 3.8) is 0 Å². The van der Waals surface area contributed by atoms with Gasteiger partial charge < -0.3 is 10.3 Å². The largest absolute Gasteiger partial charge is 0.332 e. The van der Waals surface area contributed by atoms with Crippen LogP contribution in [0.4, 0.5) is 5.69 Å². The van der Waals surface area contributed by atoms with Crippen LogP contribution in [0.25, 0.3) is 10.9 Å². The van der Waals surface area contributed by atoms with Gasteiger partial charge in [0, 0.05) is 5.69 Å². The monoisotopic (exact) mass is 339 g/mol. The molecule has 0 unspecified atom stereocenters. The Morgan fingerprint density at radius 3 is 2.50 bits per heavy atom. The molecule has 0 saturated heterocycles. The number of nitrogens with zero attached hydrogens (tertiary/aromatic N) is 1. The van der Waals surface area contributed by atoms with E-state index in [9.17, 15) is 9.59 Å². The fraction of sp³-hybridized carbons (Fsp3) is 0.167. The maximum absolute atomic E-state index is 12.6. The third kappa shape index (κ3) is 3.00. The van der Waals surface area contributed by atoms with E-state index >= 15 is 0 Å². The van der Waals surface area contributed by atoms with E-state index < -0.39 is 0 Å². The maximum atomic E-state index is 12.6. The fourth-order valence-corrected chi connectivity index (χ4v) is 2.93. The van der Waals surface area contributed by atoms with Gasteiger partial charge in [0.15, 0.2) is 4.77 Å².